The van der Waals surface area contributed by atoms with E-state index in [0.717, 1.165) is 16.1 Å². The van der Waals surface area contributed by atoms with E-state index in [4.69, 9.17) is 4.42 Å². The molecule has 0 aliphatic heterocycles. The minimum atomic E-state index is -0.424. The van der Waals surface area contributed by atoms with Crippen molar-refractivity contribution in [2.45, 2.75) is 17.9 Å². The van der Waals surface area contributed by atoms with Gasteiger partial charge in [-0.05, 0) is 24.0 Å². The molecule has 0 saturated carbocycles. The Bertz CT molecular complexity index is 799. The van der Waals surface area contributed by atoms with E-state index in [1.54, 1.807) is 12.1 Å². The highest BCUT2D eigenvalue weighted by atomic mass is 32.2. The Morgan fingerprint density at radius 2 is 2.05 bits per heavy atom. The maximum Gasteiger partial charge on any atom is 0.277 e. The van der Waals surface area contributed by atoms with E-state index in [1.165, 1.54) is 35.4 Å². The number of hydrogen-bond donors (Lipinski definition) is 0. The van der Waals surface area contributed by atoms with E-state index in [9.17, 15) is 10.1 Å². The van der Waals surface area contributed by atoms with Gasteiger partial charge in [0.25, 0.3) is 16.8 Å². The minimum absolute atomic E-state index is 0.0713. The first-order chi connectivity index (χ1) is 10.6. The van der Waals surface area contributed by atoms with Crippen LogP contribution in [-0.2, 0) is 5.75 Å². The Balaban J connectivity index is 1.66. The third kappa shape index (κ3) is 3.12. The molecule has 1 aromatic carbocycles. The first-order valence-electron chi connectivity index (χ1n) is 6.12. The lowest BCUT2D eigenvalue weighted by Crippen LogP contribution is -1.88. The van der Waals surface area contributed by atoms with Gasteiger partial charge in [-0.2, -0.15) is 0 Å². The first kappa shape index (κ1) is 14.6. The van der Waals surface area contributed by atoms with E-state index in [2.05, 4.69) is 19.8 Å². The first-order valence-corrected chi connectivity index (χ1v) is 7.88. The summed E-state index contributed by atoms with van der Waals surface area (Å²) in [5.41, 5.74) is 1.76. The van der Waals surface area contributed by atoms with Crippen molar-refractivity contribution in [3.05, 3.63) is 45.6 Å². The monoisotopic (exact) mass is 335 g/mol. The second-order valence-electron chi connectivity index (χ2n) is 4.27. The molecule has 0 aliphatic carbocycles. The van der Waals surface area contributed by atoms with Crippen LogP contribution in [0, 0.1) is 17.0 Å². The molecule has 0 amide bonds. The van der Waals surface area contributed by atoms with Crippen LogP contribution in [0.5, 0.6) is 0 Å². The molecular weight excluding hydrogens is 326 g/mol. The Hall–Kier alpha value is -2.33. The molecule has 3 rings (SSSR count). The number of aromatic nitrogens is 4. The maximum atomic E-state index is 10.6. The summed E-state index contributed by atoms with van der Waals surface area (Å²) >= 11 is 2.57. The summed E-state index contributed by atoms with van der Waals surface area (Å²) in [4.78, 5) is 10.9. The summed E-state index contributed by atoms with van der Waals surface area (Å²) in [6, 6.07) is 6.36. The van der Waals surface area contributed by atoms with Gasteiger partial charge in [-0.1, -0.05) is 28.4 Å². The van der Waals surface area contributed by atoms with Gasteiger partial charge in [-0.15, -0.1) is 15.3 Å². The van der Waals surface area contributed by atoms with Crippen LogP contribution in [-0.4, -0.2) is 24.7 Å². The number of hydrogen-bond acceptors (Lipinski definition) is 9. The van der Waals surface area contributed by atoms with Crippen molar-refractivity contribution in [3.8, 4) is 10.8 Å². The lowest BCUT2D eigenvalue weighted by Gasteiger charge is -1.97. The predicted molar refractivity (Wildman–Crippen MR) is 80.6 cm³/mol. The molecule has 0 saturated heterocycles. The van der Waals surface area contributed by atoms with Crippen LogP contribution in [0.2, 0.25) is 0 Å². The molecule has 10 heteroatoms. The van der Waals surface area contributed by atoms with Crippen LogP contribution in [0.25, 0.3) is 10.8 Å². The Morgan fingerprint density at radius 1 is 1.27 bits per heavy atom. The van der Waals surface area contributed by atoms with Gasteiger partial charge in [0, 0.05) is 17.9 Å². The van der Waals surface area contributed by atoms with Crippen LogP contribution in [0.4, 0.5) is 5.69 Å². The smallest absolute Gasteiger partial charge is 0.277 e. The normalized spacial score (nSPS) is 10.8. The van der Waals surface area contributed by atoms with Crippen molar-refractivity contribution in [1.29, 1.82) is 0 Å². The van der Waals surface area contributed by atoms with Crippen LogP contribution < -0.4 is 0 Å². The van der Waals surface area contributed by atoms with Gasteiger partial charge >= 0.3 is 0 Å². The zero-order chi connectivity index (χ0) is 15.5. The van der Waals surface area contributed by atoms with Crippen molar-refractivity contribution in [2.75, 3.05) is 0 Å². The zero-order valence-corrected chi connectivity index (χ0v) is 12.9. The van der Waals surface area contributed by atoms with Gasteiger partial charge in [-0.25, -0.2) is 0 Å². The topological polar surface area (TPSA) is 108 Å². The summed E-state index contributed by atoms with van der Waals surface area (Å²) in [6.07, 6.45) is 0. The summed E-state index contributed by atoms with van der Waals surface area (Å²) in [6.45, 7) is 1.83. The number of benzene rings is 1. The quantitative estimate of drug-likeness (QED) is 0.397. The molecule has 0 radical (unpaired) electrons. The number of non-ortho nitro benzene ring substituents is 1. The maximum absolute atomic E-state index is 10.6. The van der Waals surface area contributed by atoms with E-state index in [1.807, 2.05) is 6.92 Å². The highest BCUT2D eigenvalue weighted by Crippen LogP contribution is 2.28. The molecule has 3 aromatic rings. The van der Waals surface area contributed by atoms with Gasteiger partial charge in [0.05, 0.1) is 10.6 Å². The summed E-state index contributed by atoms with van der Waals surface area (Å²) in [7, 11) is 0. The number of nitro benzene ring substituents is 1. The molecule has 112 valence electrons. The zero-order valence-electron chi connectivity index (χ0n) is 11.3. The fourth-order valence-electron chi connectivity index (χ4n) is 1.65. The van der Waals surface area contributed by atoms with Crippen LogP contribution in [0.3, 0.4) is 0 Å². The van der Waals surface area contributed by atoms with Gasteiger partial charge in [0.15, 0.2) is 0 Å². The fourth-order valence-corrected chi connectivity index (χ4v) is 2.94. The van der Waals surface area contributed by atoms with Gasteiger partial charge in [-0.3, -0.25) is 10.1 Å². The van der Waals surface area contributed by atoms with Crippen molar-refractivity contribution in [3.63, 3.8) is 0 Å². The molecule has 0 atom stereocenters. The Morgan fingerprint density at radius 3 is 2.68 bits per heavy atom. The predicted octanol–water partition coefficient (Wildman–Crippen LogP) is 3.10. The third-order valence-electron chi connectivity index (χ3n) is 2.76. The number of rotatable bonds is 5. The van der Waals surface area contributed by atoms with Gasteiger partial charge < -0.3 is 4.42 Å². The van der Waals surface area contributed by atoms with Crippen molar-refractivity contribution in [2.24, 2.45) is 0 Å². The molecule has 0 aliphatic rings. The highest BCUT2D eigenvalue weighted by Gasteiger charge is 2.14. The van der Waals surface area contributed by atoms with Crippen LogP contribution in [0.1, 0.15) is 11.3 Å². The number of nitro groups is 1. The van der Waals surface area contributed by atoms with E-state index >= 15 is 0 Å². The minimum Gasteiger partial charge on any atom is -0.410 e. The molecule has 0 fully saturated rings. The highest BCUT2D eigenvalue weighted by molar-refractivity contribution is 7.98. The molecule has 0 unspecified atom stereocenters. The number of aryl methyl sites for hydroxylation is 1. The Labute approximate surface area is 132 Å². The second kappa shape index (κ2) is 6.20. The molecule has 0 spiro atoms. The summed E-state index contributed by atoms with van der Waals surface area (Å²) < 4.78 is 9.38. The number of nitrogens with zero attached hydrogens (tertiary/aromatic N) is 5. The molecule has 0 N–H and O–H groups in total. The largest absolute Gasteiger partial charge is 0.410 e. The molecular formula is C12H9N5O3S2. The van der Waals surface area contributed by atoms with Crippen LogP contribution in [0.15, 0.2) is 33.9 Å². The van der Waals surface area contributed by atoms with Crippen molar-refractivity contribution >= 4 is 29.0 Å². The van der Waals surface area contributed by atoms with Crippen molar-refractivity contribution in [1.82, 2.24) is 19.8 Å². The molecule has 0 bridgehead atoms. The second-order valence-corrected chi connectivity index (χ2v) is 5.95. The SMILES string of the molecule is Cc1nnsc1-c1nnc(SCc2ccc([N+](=O)[O-])cc2)o1. The van der Waals surface area contributed by atoms with Crippen LogP contribution >= 0.6 is 23.3 Å². The molecule has 2 aromatic heterocycles. The molecule has 8 nitrogen and oxygen atoms in total. The van der Waals surface area contributed by atoms with E-state index in [-0.39, 0.29) is 5.69 Å². The van der Waals surface area contributed by atoms with Gasteiger partial charge in [0.1, 0.15) is 4.88 Å². The average Bonchev–Trinajstić information content (AvgIpc) is 3.14. The van der Waals surface area contributed by atoms with Gasteiger partial charge in [0.2, 0.25) is 0 Å². The average molecular weight is 335 g/mol. The lowest BCUT2D eigenvalue weighted by atomic mass is 10.2. The Kier molecular flexibility index (Phi) is 4.11. The lowest BCUT2D eigenvalue weighted by molar-refractivity contribution is -0.384. The number of thioether (sulfide) groups is 1. The van der Waals surface area contributed by atoms with Crippen molar-refractivity contribution < 1.29 is 9.34 Å². The standard InChI is InChI=1S/C12H9N5O3S2/c1-7-10(22-16-13-7)11-14-15-12(20-11)21-6-8-2-4-9(5-3-8)17(18)19/h2-5H,6H2,1H3. The molecule has 22 heavy (non-hydrogen) atoms. The summed E-state index contributed by atoms with van der Waals surface area (Å²) in [5.74, 6) is 0.984. The molecule has 2 heterocycles. The fraction of sp³-hybridized carbons (Fsp3) is 0.167. The third-order valence-corrected chi connectivity index (χ3v) is 4.47. The van der Waals surface area contributed by atoms with E-state index < -0.39 is 4.92 Å². The van der Waals surface area contributed by atoms with E-state index in [0.29, 0.717) is 16.9 Å². The summed E-state index contributed by atoms with van der Waals surface area (Å²) in [5, 5.41) is 22.9.